The van der Waals surface area contributed by atoms with E-state index in [4.69, 9.17) is 16.9 Å². The Morgan fingerprint density at radius 3 is 2.75 bits per heavy atom. The van der Waals surface area contributed by atoms with Crippen molar-refractivity contribution in [1.82, 2.24) is 4.68 Å². The third-order valence-corrected chi connectivity index (χ3v) is 1.42. The maximum atomic E-state index is 7.18. The van der Waals surface area contributed by atoms with E-state index in [0.29, 0.717) is 9.54 Å². The summed E-state index contributed by atoms with van der Waals surface area (Å²) < 4.78 is 1.86. The van der Waals surface area contributed by atoms with E-state index in [9.17, 15) is 0 Å². The Hall–Kier alpha value is -1.05. The summed E-state index contributed by atoms with van der Waals surface area (Å²) in [6.45, 7) is 0. The standard InChI is InChI=1S/C6H8IN5/c7-6(10)11-12-3-1-2-4(12)5(8)9/h1-3H,(H3,8,9)(H2,10,11). The van der Waals surface area contributed by atoms with Crippen molar-refractivity contribution in [2.45, 2.75) is 0 Å². The summed E-state index contributed by atoms with van der Waals surface area (Å²) in [6, 6.07) is 3.45. The average molecular weight is 277 g/mol. The average Bonchev–Trinajstić information content (AvgIpc) is 2.33. The van der Waals surface area contributed by atoms with Gasteiger partial charge in [0.25, 0.3) is 0 Å². The number of hydrogen-bond acceptors (Lipinski definition) is 2. The van der Waals surface area contributed by atoms with Gasteiger partial charge in [0.05, 0.1) is 0 Å². The summed E-state index contributed by atoms with van der Waals surface area (Å²) in [7, 11) is 0. The summed E-state index contributed by atoms with van der Waals surface area (Å²) in [5.41, 5.74) is 11.2. The number of nitrogens with two attached hydrogens (primary N) is 2. The van der Waals surface area contributed by atoms with E-state index in [-0.39, 0.29) is 5.84 Å². The Morgan fingerprint density at radius 1 is 1.58 bits per heavy atom. The van der Waals surface area contributed by atoms with Gasteiger partial charge < -0.3 is 11.5 Å². The van der Waals surface area contributed by atoms with Crippen molar-refractivity contribution in [2.24, 2.45) is 16.6 Å². The lowest BCUT2D eigenvalue weighted by Gasteiger charge is -1.99. The Kier molecular flexibility index (Phi) is 2.69. The number of nitrogen functional groups attached to an aromatic ring is 1. The minimum atomic E-state index is -0.0265. The smallest absolute Gasteiger partial charge is 0.182 e. The molecule has 0 spiro atoms. The first-order chi connectivity index (χ1) is 5.61. The van der Waals surface area contributed by atoms with Crippen molar-refractivity contribution in [3.8, 4) is 0 Å². The number of nitrogens with one attached hydrogen (secondary N) is 1. The number of hydrogen-bond donors (Lipinski definition) is 3. The fourth-order valence-electron chi connectivity index (χ4n) is 0.776. The minimum Gasteiger partial charge on any atom is -0.382 e. The molecule has 6 heteroatoms. The number of halogens is 1. The highest BCUT2D eigenvalue weighted by molar-refractivity contribution is 14.1. The quantitative estimate of drug-likeness (QED) is 0.313. The van der Waals surface area contributed by atoms with E-state index in [1.165, 1.54) is 4.68 Å². The molecule has 0 aromatic carbocycles. The van der Waals surface area contributed by atoms with Crippen LogP contribution in [0.3, 0.4) is 0 Å². The van der Waals surface area contributed by atoms with Crippen LogP contribution in [0.2, 0.25) is 0 Å². The molecule has 12 heavy (non-hydrogen) atoms. The molecule has 0 fully saturated rings. The molecule has 1 heterocycles. The predicted octanol–water partition coefficient (Wildman–Crippen LogP) is 0.285. The summed E-state index contributed by atoms with van der Waals surface area (Å²) >= 11 is 1.88. The molecule has 1 rings (SSSR count). The van der Waals surface area contributed by atoms with Gasteiger partial charge in [-0.2, -0.15) is 0 Å². The Bertz CT molecular complexity index is 322. The maximum absolute atomic E-state index is 7.18. The largest absolute Gasteiger partial charge is 0.382 e. The molecular formula is C6H8IN5. The zero-order chi connectivity index (χ0) is 9.14. The number of rotatable bonds is 2. The molecule has 0 saturated heterocycles. The number of aromatic nitrogens is 1. The molecule has 0 radical (unpaired) electrons. The molecule has 5 nitrogen and oxygen atoms in total. The molecule has 1 aromatic rings. The summed E-state index contributed by atoms with van der Waals surface area (Å²) in [4.78, 5) is 0. The molecule has 5 N–H and O–H groups in total. The van der Waals surface area contributed by atoms with Gasteiger partial charge in [0.2, 0.25) is 0 Å². The highest BCUT2D eigenvalue weighted by atomic mass is 127. The van der Waals surface area contributed by atoms with E-state index < -0.39 is 0 Å². The third kappa shape index (κ3) is 1.97. The van der Waals surface area contributed by atoms with Crippen LogP contribution in [0.4, 0.5) is 0 Å². The van der Waals surface area contributed by atoms with E-state index >= 15 is 0 Å². The molecule has 1 aromatic heterocycles. The lowest BCUT2D eigenvalue weighted by Crippen LogP contribution is -2.16. The minimum absolute atomic E-state index is 0.0265. The highest BCUT2D eigenvalue weighted by Crippen LogP contribution is 2.01. The van der Waals surface area contributed by atoms with E-state index in [2.05, 4.69) is 5.10 Å². The molecule has 0 aliphatic carbocycles. The van der Waals surface area contributed by atoms with E-state index in [1.807, 2.05) is 22.6 Å². The van der Waals surface area contributed by atoms with Crippen LogP contribution in [0.15, 0.2) is 23.4 Å². The molecule has 64 valence electrons. The van der Waals surface area contributed by atoms with Crippen LogP contribution in [0, 0.1) is 5.41 Å². The molecular weight excluding hydrogens is 269 g/mol. The van der Waals surface area contributed by atoms with Crippen LogP contribution in [0.1, 0.15) is 5.69 Å². The topological polar surface area (TPSA) is 93.2 Å². The van der Waals surface area contributed by atoms with Crippen LogP contribution in [0.5, 0.6) is 0 Å². The van der Waals surface area contributed by atoms with Gasteiger partial charge in [-0.1, -0.05) is 0 Å². The maximum Gasteiger partial charge on any atom is 0.182 e. The van der Waals surface area contributed by atoms with Gasteiger partial charge in [-0.15, -0.1) is 5.10 Å². The Balaban J connectivity index is 3.08. The SMILES string of the molecule is N=C(N)c1cccn1/N=C(/N)I. The monoisotopic (exact) mass is 277 g/mol. The molecule has 0 saturated carbocycles. The van der Waals surface area contributed by atoms with Gasteiger partial charge in [0, 0.05) is 28.8 Å². The molecule has 0 amide bonds. The molecule has 0 atom stereocenters. The first-order valence-electron chi connectivity index (χ1n) is 3.13. The van der Waals surface area contributed by atoms with Crippen LogP contribution in [-0.2, 0) is 0 Å². The second-order valence-corrected chi connectivity index (χ2v) is 3.18. The highest BCUT2D eigenvalue weighted by Gasteiger charge is 2.01. The first-order valence-corrected chi connectivity index (χ1v) is 4.21. The van der Waals surface area contributed by atoms with Gasteiger partial charge in [-0.25, -0.2) is 4.68 Å². The molecule has 0 aliphatic rings. The second kappa shape index (κ2) is 3.57. The van der Waals surface area contributed by atoms with Crippen LogP contribution >= 0.6 is 22.6 Å². The zero-order valence-electron chi connectivity index (χ0n) is 6.16. The Morgan fingerprint density at radius 2 is 2.25 bits per heavy atom. The summed E-state index contributed by atoms with van der Waals surface area (Å²) in [5.74, 6) is -0.0265. The van der Waals surface area contributed by atoms with Crippen molar-refractivity contribution in [3.05, 3.63) is 24.0 Å². The second-order valence-electron chi connectivity index (χ2n) is 2.07. The van der Waals surface area contributed by atoms with Gasteiger partial charge in [0.15, 0.2) is 3.84 Å². The predicted molar refractivity (Wildman–Crippen MR) is 56.5 cm³/mol. The third-order valence-electron chi connectivity index (χ3n) is 1.21. The van der Waals surface area contributed by atoms with Crippen LogP contribution < -0.4 is 11.5 Å². The number of nitrogens with zero attached hydrogens (tertiary/aromatic N) is 2. The normalized spacial score (nSPS) is 11.6. The zero-order valence-corrected chi connectivity index (χ0v) is 8.32. The van der Waals surface area contributed by atoms with Crippen molar-refractivity contribution in [3.63, 3.8) is 0 Å². The first kappa shape index (κ1) is 9.04. The van der Waals surface area contributed by atoms with Crippen molar-refractivity contribution in [1.29, 1.82) is 5.41 Å². The summed E-state index contributed by atoms with van der Waals surface area (Å²) in [5, 5.41) is 11.1. The molecule has 0 unspecified atom stereocenters. The molecule has 0 aliphatic heterocycles. The lowest BCUT2D eigenvalue weighted by molar-refractivity contribution is 0.876. The fourth-order valence-corrected chi connectivity index (χ4v) is 1.01. The summed E-state index contributed by atoms with van der Waals surface area (Å²) in [6.07, 6.45) is 1.68. The van der Waals surface area contributed by atoms with Crippen molar-refractivity contribution >= 4 is 32.3 Å². The van der Waals surface area contributed by atoms with E-state index in [0.717, 1.165) is 0 Å². The Labute approximate surface area is 83.1 Å². The number of amidine groups is 2. The lowest BCUT2D eigenvalue weighted by atomic mass is 10.4. The van der Waals surface area contributed by atoms with Gasteiger partial charge in [-0.3, -0.25) is 5.41 Å². The van der Waals surface area contributed by atoms with Gasteiger partial charge in [0.1, 0.15) is 11.5 Å². The van der Waals surface area contributed by atoms with Crippen molar-refractivity contribution in [2.75, 3.05) is 0 Å². The van der Waals surface area contributed by atoms with E-state index in [1.54, 1.807) is 18.3 Å². The fraction of sp³-hybridized carbons (Fsp3) is 0. The van der Waals surface area contributed by atoms with Gasteiger partial charge >= 0.3 is 0 Å². The van der Waals surface area contributed by atoms with Crippen LogP contribution in [-0.4, -0.2) is 14.4 Å². The van der Waals surface area contributed by atoms with Gasteiger partial charge in [-0.05, 0) is 12.1 Å². The molecule has 0 bridgehead atoms. The van der Waals surface area contributed by atoms with Crippen molar-refractivity contribution < 1.29 is 0 Å². The van der Waals surface area contributed by atoms with Crippen LogP contribution in [0.25, 0.3) is 0 Å².